The van der Waals surface area contributed by atoms with Crippen LogP contribution in [0.1, 0.15) is 74.7 Å². The van der Waals surface area contributed by atoms with E-state index in [2.05, 4.69) is 49.7 Å². The van der Waals surface area contributed by atoms with Gasteiger partial charge in [0, 0.05) is 70.7 Å². The van der Waals surface area contributed by atoms with Gasteiger partial charge in [-0.1, -0.05) is 27.7 Å². The number of hydrogen-bond donors (Lipinski definition) is 0. The Labute approximate surface area is 278 Å². The summed E-state index contributed by atoms with van der Waals surface area (Å²) in [5.74, 6) is -1.07. The molecule has 8 atom stereocenters. The lowest BCUT2D eigenvalue weighted by Gasteiger charge is -2.45. The predicted octanol–water partition coefficient (Wildman–Crippen LogP) is 3.15. The molecule has 3 fully saturated rings. The molecule has 3 heterocycles. The largest absolute Gasteiger partial charge is 0.463 e. The van der Waals surface area contributed by atoms with Crippen molar-refractivity contribution in [1.29, 1.82) is 0 Å². The molecule has 3 aliphatic heterocycles. The number of carbonyl (C=O) groups is 3. The SMILES string of the molecule is CO[C@]1(C)C[C@@H](C)CN(C)[C@H](CN2CCN(C(=O)C(C)C)CC2)COC(=O)C(C)(C)C(=O)[C@H](C)[C@H]1O[C@H]1C[C@@H](N(C)C)C[C@@H](C)O1. The maximum Gasteiger partial charge on any atom is 0.319 e. The third-order valence-corrected chi connectivity index (χ3v) is 10.6. The van der Waals surface area contributed by atoms with E-state index in [9.17, 15) is 14.4 Å². The van der Waals surface area contributed by atoms with Crippen LogP contribution in [0.5, 0.6) is 0 Å². The number of piperazine rings is 1. The highest BCUT2D eigenvalue weighted by Crippen LogP contribution is 2.38. The number of hydrogen-bond acceptors (Lipinski definition) is 10. The number of carbonyl (C=O) groups excluding carboxylic acids is 3. The highest BCUT2D eigenvalue weighted by atomic mass is 16.7. The maximum absolute atomic E-state index is 14.2. The van der Waals surface area contributed by atoms with Gasteiger partial charge in [-0.3, -0.25) is 24.2 Å². The van der Waals surface area contributed by atoms with Crippen LogP contribution in [0.3, 0.4) is 0 Å². The van der Waals surface area contributed by atoms with Crippen LogP contribution >= 0.6 is 0 Å². The second kappa shape index (κ2) is 16.2. The second-order valence-electron chi connectivity index (χ2n) is 15.6. The van der Waals surface area contributed by atoms with Gasteiger partial charge in [0.2, 0.25) is 5.91 Å². The maximum atomic E-state index is 14.2. The molecular formula is C35H64N4O7. The second-order valence-corrected chi connectivity index (χ2v) is 15.6. The Morgan fingerprint density at radius 1 is 1.04 bits per heavy atom. The number of methoxy groups -OCH3 is 1. The Balaban J connectivity index is 1.86. The molecule has 0 aromatic carbocycles. The Morgan fingerprint density at radius 2 is 1.67 bits per heavy atom. The van der Waals surface area contributed by atoms with Crippen LogP contribution in [0.4, 0.5) is 0 Å². The summed E-state index contributed by atoms with van der Waals surface area (Å²) in [6, 6.07) is 0.210. The lowest BCUT2D eigenvalue weighted by Crippen LogP contribution is -2.55. The fourth-order valence-electron chi connectivity index (χ4n) is 7.54. The van der Waals surface area contributed by atoms with Crippen molar-refractivity contribution in [3.63, 3.8) is 0 Å². The Kier molecular flexibility index (Phi) is 13.7. The fraction of sp³-hybridized carbons (Fsp3) is 0.914. The minimum Gasteiger partial charge on any atom is -0.463 e. The Hall–Kier alpha value is -1.63. The first-order valence-electron chi connectivity index (χ1n) is 17.3. The van der Waals surface area contributed by atoms with Crippen molar-refractivity contribution in [3.8, 4) is 0 Å². The molecule has 266 valence electrons. The van der Waals surface area contributed by atoms with Gasteiger partial charge in [0.15, 0.2) is 12.1 Å². The molecule has 1 amide bonds. The van der Waals surface area contributed by atoms with E-state index in [4.69, 9.17) is 18.9 Å². The number of nitrogens with zero attached hydrogens (tertiary/aromatic N) is 4. The minimum absolute atomic E-state index is 0.00955. The summed E-state index contributed by atoms with van der Waals surface area (Å²) >= 11 is 0. The molecule has 46 heavy (non-hydrogen) atoms. The van der Waals surface area contributed by atoms with Crippen molar-refractivity contribution >= 4 is 17.7 Å². The van der Waals surface area contributed by atoms with Crippen LogP contribution in [0, 0.1) is 23.2 Å². The molecule has 0 radical (unpaired) electrons. The zero-order valence-electron chi connectivity index (χ0n) is 30.8. The molecule has 3 saturated heterocycles. The first-order chi connectivity index (χ1) is 21.4. The van der Waals surface area contributed by atoms with Crippen LogP contribution < -0.4 is 0 Å². The molecule has 0 aliphatic carbocycles. The van der Waals surface area contributed by atoms with Crippen molar-refractivity contribution in [2.24, 2.45) is 23.2 Å². The van der Waals surface area contributed by atoms with Gasteiger partial charge in [-0.25, -0.2) is 0 Å². The summed E-state index contributed by atoms with van der Waals surface area (Å²) in [7, 11) is 7.89. The minimum atomic E-state index is -1.38. The van der Waals surface area contributed by atoms with Crippen molar-refractivity contribution in [2.75, 3.05) is 74.1 Å². The molecule has 0 unspecified atom stereocenters. The van der Waals surface area contributed by atoms with E-state index in [0.29, 0.717) is 32.5 Å². The number of cyclic esters (lactones) is 1. The average molecular weight is 653 g/mol. The lowest BCUT2D eigenvalue weighted by atomic mass is 9.74. The Morgan fingerprint density at radius 3 is 2.24 bits per heavy atom. The van der Waals surface area contributed by atoms with Gasteiger partial charge in [-0.05, 0) is 67.6 Å². The predicted molar refractivity (Wildman–Crippen MR) is 178 cm³/mol. The molecule has 0 aromatic heterocycles. The first-order valence-corrected chi connectivity index (χ1v) is 17.3. The first kappa shape index (κ1) is 38.8. The number of ketones is 1. The van der Waals surface area contributed by atoms with Crippen molar-refractivity contribution in [3.05, 3.63) is 0 Å². The topological polar surface area (TPSA) is 101 Å². The number of rotatable bonds is 7. The van der Waals surface area contributed by atoms with Gasteiger partial charge in [0.1, 0.15) is 12.0 Å². The summed E-state index contributed by atoms with van der Waals surface area (Å²) < 4.78 is 25.3. The molecule has 0 spiro atoms. The van der Waals surface area contributed by atoms with Gasteiger partial charge in [-0.2, -0.15) is 0 Å². The van der Waals surface area contributed by atoms with Gasteiger partial charge in [0.25, 0.3) is 0 Å². The van der Waals surface area contributed by atoms with Crippen LogP contribution in [-0.4, -0.2) is 148 Å². The molecule has 0 bridgehead atoms. The van der Waals surface area contributed by atoms with E-state index < -0.39 is 35.3 Å². The number of ether oxygens (including phenoxy) is 4. The average Bonchev–Trinajstić information content (AvgIpc) is 2.99. The molecule has 11 heteroatoms. The molecule has 0 aromatic rings. The standard InChI is InChI=1S/C35H64N4O7/c1-23(2)32(41)39-15-13-38(14-16-39)21-28-22-44-33(42)34(6,7)30(40)26(5)31(35(8,43-12)19-24(3)20-37(28)11)46-29-18-27(36(9)10)17-25(4)45-29/h23-29,31H,13-22H2,1-12H3/t24-,25-,26+,27+,28-,29+,31-,35-/m1/s1. The smallest absolute Gasteiger partial charge is 0.319 e. The number of esters is 1. The van der Waals surface area contributed by atoms with Crippen molar-refractivity contribution < 1.29 is 33.3 Å². The summed E-state index contributed by atoms with van der Waals surface area (Å²) in [5.41, 5.74) is -2.20. The molecular weight excluding hydrogens is 588 g/mol. The quantitative estimate of drug-likeness (QED) is 0.301. The number of likely N-dealkylation sites (N-methyl/N-ethyl adjacent to an activating group) is 1. The van der Waals surface area contributed by atoms with Crippen LogP contribution in [0.2, 0.25) is 0 Å². The summed E-state index contributed by atoms with van der Waals surface area (Å²) in [5, 5.41) is 0. The van der Waals surface area contributed by atoms with E-state index in [1.165, 1.54) is 0 Å². The van der Waals surface area contributed by atoms with Gasteiger partial charge in [-0.15, -0.1) is 0 Å². The monoisotopic (exact) mass is 652 g/mol. The van der Waals surface area contributed by atoms with Crippen molar-refractivity contribution in [2.45, 2.75) is 111 Å². The van der Waals surface area contributed by atoms with Crippen LogP contribution in [-0.2, 0) is 33.3 Å². The molecule has 3 aliphatic rings. The summed E-state index contributed by atoms with van der Waals surface area (Å²) in [4.78, 5) is 49.1. The van der Waals surface area contributed by atoms with E-state index in [1.54, 1.807) is 21.0 Å². The van der Waals surface area contributed by atoms with Crippen LogP contribution in [0.25, 0.3) is 0 Å². The van der Waals surface area contributed by atoms with E-state index in [-0.39, 0.29) is 48.3 Å². The van der Waals surface area contributed by atoms with E-state index >= 15 is 0 Å². The van der Waals surface area contributed by atoms with Gasteiger partial charge in [0.05, 0.1) is 23.9 Å². The summed E-state index contributed by atoms with van der Waals surface area (Å²) in [6.45, 7) is 19.8. The lowest BCUT2D eigenvalue weighted by molar-refractivity contribution is -0.263. The fourth-order valence-corrected chi connectivity index (χ4v) is 7.54. The highest BCUT2D eigenvalue weighted by Gasteiger charge is 2.50. The highest BCUT2D eigenvalue weighted by molar-refractivity contribution is 6.04. The normalized spacial score (nSPS) is 36.2. The van der Waals surface area contributed by atoms with Gasteiger partial charge >= 0.3 is 5.97 Å². The number of Topliss-reactive ketones (excluding diaryl/α,β-unsaturated/α-hetero) is 1. The molecule has 0 saturated carbocycles. The zero-order valence-corrected chi connectivity index (χ0v) is 30.8. The molecule has 0 N–H and O–H groups in total. The van der Waals surface area contributed by atoms with E-state index in [1.807, 2.05) is 32.6 Å². The zero-order chi connectivity index (χ0) is 34.6. The van der Waals surface area contributed by atoms with Crippen molar-refractivity contribution in [1.82, 2.24) is 19.6 Å². The Bertz CT molecular complexity index is 1030. The van der Waals surface area contributed by atoms with Gasteiger partial charge < -0.3 is 28.7 Å². The third-order valence-electron chi connectivity index (χ3n) is 10.6. The number of amides is 1. The molecule has 11 nitrogen and oxygen atoms in total. The summed E-state index contributed by atoms with van der Waals surface area (Å²) in [6.07, 6.45) is 1.09. The van der Waals surface area contributed by atoms with E-state index in [0.717, 1.165) is 26.1 Å². The van der Waals surface area contributed by atoms with Crippen LogP contribution in [0.15, 0.2) is 0 Å². The third kappa shape index (κ3) is 9.50. The molecule has 3 rings (SSSR count).